The summed E-state index contributed by atoms with van der Waals surface area (Å²) in [4.78, 5) is 16.7. The van der Waals surface area contributed by atoms with Crippen molar-refractivity contribution in [2.24, 2.45) is 5.10 Å². The van der Waals surface area contributed by atoms with Crippen LogP contribution in [0.15, 0.2) is 75.7 Å². The Morgan fingerprint density at radius 3 is 2.46 bits per heavy atom. The van der Waals surface area contributed by atoms with Gasteiger partial charge in [-0.05, 0) is 42.5 Å². The van der Waals surface area contributed by atoms with Gasteiger partial charge in [-0.1, -0.05) is 27.7 Å². The van der Waals surface area contributed by atoms with Crippen LogP contribution in [0.1, 0.15) is 5.56 Å². The summed E-state index contributed by atoms with van der Waals surface area (Å²) < 4.78 is 18.8. The zero-order valence-corrected chi connectivity index (χ0v) is 22.6. The molecule has 0 radical (unpaired) electrons. The van der Waals surface area contributed by atoms with Crippen LogP contribution in [0.4, 0.5) is 0 Å². The van der Waals surface area contributed by atoms with Crippen LogP contribution in [0.3, 0.4) is 0 Å². The van der Waals surface area contributed by atoms with Gasteiger partial charge < -0.3 is 14.2 Å². The first kappa shape index (κ1) is 26.2. The summed E-state index contributed by atoms with van der Waals surface area (Å²) in [5.41, 5.74) is 4.81. The summed E-state index contributed by atoms with van der Waals surface area (Å²) in [7, 11) is 4.62. The molecule has 12 heteroatoms. The number of benzene rings is 2. The molecule has 2 aromatic carbocycles. The number of hydrogen-bond donors (Lipinski definition) is 1. The van der Waals surface area contributed by atoms with E-state index >= 15 is 0 Å². The average Bonchev–Trinajstić information content (AvgIpc) is 3.36. The molecule has 0 spiro atoms. The molecule has 190 valence electrons. The monoisotopic (exact) mass is 582 g/mol. The molecular formula is C25H23BrN6O4S. The first-order valence-corrected chi connectivity index (χ1v) is 12.7. The van der Waals surface area contributed by atoms with Gasteiger partial charge in [-0.3, -0.25) is 14.3 Å². The fourth-order valence-electron chi connectivity index (χ4n) is 3.36. The molecule has 4 rings (SSSR count). The normalized spacial score (nSPS) is 10.9. The molecule has 2 heterocycles. The van der Waals surface area contributed by atoms with Crippen molar-refractivity contribution in [3.05, 3.63) is 71.0 Å². The van der Waals surface area contributed by atoms with E-state index in [-0.39, 0.29) is 11.7 Å². The SMILES string of the molecule is COc1cc(OC)c(OC)cc1C=NNC(=O)CSc1nnc(-c2cccnc2)n1-c1ccc(Br)cc1. The molecule has 1 N–H and O–H groups in total. The summed E-state index contributed by atoms with van der Waals surface area (Å²) in [5, 5.41) is 13.3. The minimum Gasteiger partial charge on any atom is -0.496 e. The van der Waals surface area contributed by atoms with E-state index in [1.165, 1.54) is 32.2 Å². The topological polar surface area (TPSA) is 113 Å². The van der Waals surface area contributed by atoms with E-state index in [0.717, 1.165) is 15.7 Å². The quantitative estimate of drug-likeness (QED) is 0.167. The standard InChI is InChI=1S/C25H23BrN6O4S/c1-34-20-12-22(36-3)21(35-2)11-17(20)14-28-29-23(33)15-37-25-31-30-24(16-5-4-10-27-13-16)32(25)19-8-6-18(26)7-9-19/h4-14H,15H2,1-3H3,(H,29,33). The molecule has 0 saturated heterocycles. The van der Waals surface area contributed by atoms with Gasteiger partial charge in [0.05, 0.1) is 33.3 Å². The number of carbonyl (C=O) groups is 1. The first-order valence-electron chi connectivity index (χ1n) is 10.9. The van der Waals surface area contributed by atoms with Gasteiger partial charge in [0.25, 0.3) is 5.91 Å². The number of rotatable bonds is 10. The summed E-state index contributed by atoms with van der Waals surface area (Å²) in [5.74, 6) is 1.95. The number of ether oxygens (including phenoxy) is 3. The maximum absolute atomic E-state index is 12.6. The van der Waals surface area contributed by atoms with E-state index in [1.54, 1.807) is 31.6 Å². The Bertz CT molecular complexity index is 1400. The second kappa shape index (κ2) is 12.4. The highest BCUT2D eigenvalue weighted by molar-refractivity contribution is 9.10. The lowest BCUT2D eigenvalue weighted by molar-refractivity contribution is -0.118. The van der Waals surface area contributed by atoms with Gasteiger partial charge in [0.2, 0.25) is 0 Å². The molecule has 0 aliphatic rings. The molecule has 0 bridgehead atoms. The fourth-order valence-corrected chi connectivity index (χ4v) is 4.37. The summed E-state index contributed by atoms with van der Waals surface area (Å²) in [6.07, 6.45) is 4.90. The lowest BCUT2D eigenvalue weighted by Gasteiger charge is -2.11. The van der Waals surface area contributed by atoms with E-state index in [2.05, 4.69) is 41.6 Å². The van der Waals surface area contributed by atoms with Crippen LogP contribution in [0.5, 0.6) is 17.2 Å². The molecule has 2 aromatic heterocycles. The van der Waals surface area contributed by atoms with Crippen molar-refractivity contribution in [1.82, 2.24) is 25.2 Å². The van der Waals surface area contributed by atoms with E-state index in [1.807, 2.05) is 41.0 Å². The number of methoxy groups -OCH3 is 3. The molecule has 0 atom stereocenters. The van der Waals surface area contributed by atoms with Gasteiger partial charge in [-0.2, -0.15) is 5.10 Å². The van der Waals surface area contributed by atoms with Gasteiger partial charge >= 0.3 is 0 Å². The number of thioether (sulfide) groups is 1. The first-order chi connectivity index (χ1) is 18.0. The lowest BCUT2D eigenvalue weighted by Crippen LogP contribution is -2.20. The molecule has 0 aliphatic carbocycles. The smallest absolute Gasteiger partial charge is 0.250 e. The molecule has 10 nitrogen and oxygen atoms in total. The third-order valence-electron chi connectivity index (χ3n) is 5.10. The Kier molecular flexibility index (Phi) is 8.75. The Balaban J connectivity index is 1.49. The van der Waals surface area contributed by atoms with Gasteiger partial charge in [0, 0.05) is 39.7 Å². The molecular weight excluding hydrogens is 560 g/mol. The van der Waals surface area contributed by atoms with E-state index in [4.69, 9.17) is 14.2 Å². The Morgan fingerprint density at radius 2 is 1.78 bits per heavy atom. The third-order valence-corrected chi connectivity index (χ3v) is 6.56. The number of hydrogen-bond acceptors (Lipinski definition) is 9. The Hall–Kier alpha value is -3.90. The minimum absolute atomic E-state index is 0.0715. The molecule has 0 saturated carbocycles. The zero-order valence-electron chi connectivity index (χ0n) is 20.2. The van der Waals surface area contributed by atoms with E-state index in [9.17, 15) is 4.79 Å². The number of nitrogens with zero attached hydrogens (tertiary/aromatic N) is 5. The van der Waals surface area contributed by atoms with Gasteiger partial charge in [0.1, 0.15) is 5.75 Å². The van der Waals surface area contributed by atoms with Crippen molar-refractivity contribution < 1.29 is 19.0 Å². The molecule has 0 aliphatic heterocycles. The average molecular weight is 583 g/mol. The fraction of sp³-hybridized carbons (Fsp3) is 0.160. The molecule has 4 aromatic rings. The van der Waals surface area contributed by atoms with Crippen LogP contribution in [0.2, 0.25) is 0 Å². The predicted molar refractivity (Wildman–Crippen MR) is 145 cm³/mol. The molecule has 0 fully saturated rings. The van der Waals surface area contributed by atoms with Crippen LogP contribution < -0.4 is 19.6 Å². The van der Waals surface area contributed by atoms with Gasteiger partial charge in [-0.15, -0.1) is 10.2 Å². The van der Waals surface area contributed by atoms with Crippen LogP contribution in [-0.2, 0) is 4.79 Å². The zero-order chi connectivity index (χ0) is 26.2. The summed E-state index contributed by atoms with van der Waals surface area (Å²) >= 11 is 4.71. The molecule has 1 amide bonds. The van der Waals surface area contributed by atoms with Crippen LogP contribution in [0, 0.1) is 0 Å². The van der Waals surface area contributed by atoms with Crippen molar-refractivity contribution in [2.45, 2.75) is 5.16 Å². The maximum Gasteiger partial charge on any atom is 0.250 e. The minimum atomic E-state index is -0.311. The predicted octanol–water partition coefficient (Wildman–Crippen LogP) is 4.36. The number of pyridine rings is 1. The number of halogens is 1. The van der Waals surface area contributed by atoms with Crippen molar-refractivity contribution in [3.8, 4) is 34.3 Å². The Morgan fingerprint density at radius 1 is 1.05 bits per heavy atom. The molecule has 0 unspecified atom stereocenters. The highest BCUT2D eigenvalue weighted by atomic mass is 79.9. The summed E-state index contributed by atoms with van der Waals surface area (Å²) in [6, 6.07) is 14.9. The van der Waals surface area contributed by atoms with Crippen LogP contribution in [-0.4, -0.2) is 59.0 Å². The number of amides is 1. The number of aromatic nitrogens is 4. The van der Waals surface area contributed by atoms with Gasteiger partial charge in [-0.25, -0.2) is 5.43 Å². The summed E-state index contributed by atoms with van der Waals surface area (Å²) in [6.45, 7) is 0. The van der Waals surface area contributed by atoms with Crippen molar-refractivity contribution in [3.63, 3.8) is 0 Å². The number of hydrazone groups is 1. The number of carbonyl (C=O) groups excluding carboxylic acids is 1. The van der Waals surface area contributed by atoms with Crippen LogP contribution >= 0.6 is 27.7 Å². The van der Waals surface area contributed by atoms with E-state index < -0.39 is 0 Å². The second-order valence-electron chi connectivity index (χ2n) is 7.39. The third kappa shape index (κ3) is 6.27. The Labute approximate surface area is 226 Å². The highest BCUT2D eigenvalue weighted by Gasteiger charge is 2.17. The lowest BCUT2D eigenvalue weighted by atomic mass is 10.2. The van der Waals surface area contributed by atoms with Gasteiger partial charge in [0.15, 0.2) is 22.5 Å². The second-order valence-corrected chi connectivity index (χ2v) is 9.25. The largest absolute Gasteiger partial charge is 0.496 e. The number of nitrogens with one attached hydrogen (secondary N) is 1. The van der Waals surface area contributed by atoms with E-state index in [0.29, 0.717) is 33.8 Å². The van der Waals surface area contributed by atoms with Crippen molar-refractivity contribution in [1.29, 1.82) is 0 Å². The van der Waals surface area contributed by atoms with Crippen molar-refractivity contribution in [2.75, 3.05) is 27.1 Å². The van der Waals surface area contributed by atoms with Crippen LogP contribution in [0.25, 0.3) is 17.1 Å². The highest BCUT2D eigenvalue weighted by Crippen LogP contribution is 2.34. The van der Waals surface area contributed by atoms with Crippen molar-refractivity contribution >= 4 is 39.8 Å². The molecule has 37 heavy (non-hydrogen) atoms. The maximum atomic E-state index is 12.6.